The molecule has 0 unspecified atom stereocenters. The predicted molar refractivity (Wildman–Crippen MR) is 37.5 cm³/mol. The zero-order valence-corrected chi connectivity index (χ0v) is 6.87. The first-order valence-electron chi connectivity index (χ1n) is 2.52. The number of rotatable bonds is 2. The highest BCUT2D eigenvalue weighted by atomic mass is 35.5. The quantitative estimate of drug-likeness (QED) is 0.614. The van der Waals surface area contributed by atoms with Crippen molar-refractivity contribution in [2.45, 2.75) is 18.4 Å². The van der Waals surface area contributed by atoms with Crippen molar-refractivity contribution in [2.24, 2.45) is 5.41 Å². The summed E-state index contributed by atoms with van der Waals surface area (Å²) in [6.45, 7) is 2.87. The molecule has 0 rings (SSSR count). The Balaban J connectivity index is 4.14. The van der Waals surface area contributed by atoms with E-state index < -0.39 is 9.93 Å². The van der Waals surface area contributed by atoms with Crippen LogP contribution in [0.1, 0.15) is 13.8 Å². The Kier molecular flexibility index (Phi) is 2.77. The summed E-state index contributed by atoms with van der Waals surface area (Å²) in [5.41, 5.74) is -0.879. The first-order valence-corrected chi connectivity index (χ1v) is 3.28. The van der Waals surface area contributed by atoms with Gasteiger partial charge in [0.1, 0.15) is 0 Å². The minimum atomic E-state index is -1.86. The molecule has 0 bridgehead atoms. The SMILES string of the molecule is CC(C)(CO)C(O)(Cl)Cl. The fourth-order valence-corrected chi connectivity index (χ4v) is 0.215. The van der Waals surface area contributed by atoms with Crippen molar-refractivity contribution >= 4 is 23.2 Å². The standard InChI is InChI=1S/C5H10Cl2O2/c1-4(2,3-8)5(6,7)9/h8-9H,3H2,1-2H3. The molecule has 0 aromatic heterocycles. The summed E-state index contributed by atoms with van der Waals surface area (Å²) in [7, 11) is 0. The molecule has 0 aliphatic carbocycles. The smallest absolute Gasteiger partial charge is 0.222 e. The van der Waals surface area contributed by atoms with Crippen LogP contribution in [0.2, 0.25) is 0 Å². The van der Waals surface area contributed by atoms with Gasteiger partial charge in [-0.15, -0.1) is 0 Å². The Morgan fingerprint density at radius 3 is 1.67 bits per heavy atom. The van der Waals surface area contributed by atoms with Gasteiger partial charge in [-0.1, -0.05) is 37.0 Å². The van der Waals surface area contributed by atoms with E-state index in [2.05, 4.69) is 0 Å². The Morgan fingerprint density at radius 1 is 1.33 bits per heavy atom. The molecule has 0 aromatic carbocycles. The van der Waals surface area contributed by atoms with E-state index in [-0.39, 0.29) is 6.61 Å². The number of aliphatic hydroxyl groups is 2. The van der Waals surface area contributed by atoms with Crippen LogP contribution >= 0.6 is 23.2 Å². The van der Waals surface area contributed by atoms with Gasteiger partial charge in [0.15, 0.2) is 0 Å². The number of hydrogen-bond acceptors (Lipinski definition) is 2. The van der Waals surface area contributed by atoms with E-state index in [9.17, 15) is 0 Å². The van der Waals surface area contributed by atoms with Crippen molar-refractivity contribution in [3.05, 3.63) is 0 Å². The molecule has 0 aliphatic heterocycles. The monoisotopic (exact) mass is 172 g/mol. The van der Waals surface area contributed by atoms with Crippen LogP contribution in [0.15, 0.2) is 0 Å². The number of aliphatic hydroxyl groups excluding tert-OH is 1. The van der Waals surface area contributed by atoms with Gasteiger partial charge in [-0.05, 0) is 0 Å². The molecule has 0 saturated carbocycles. The minimum Gasteiger partial charge on any atom is -0.396 e. The average molecular weight is 173 g/mol. The molecule has 0 heterocycles. The van der Waals surface area contributed by atoms with Crippen molar-refractivity contribution in [1.29, 1.82) is 0 Å². The maximum atomic E-state index is 8.92. The maximum Gasteiger partial charge on any atom is 0.222 e. The molecule has 0 saturated heterocycles. The Labute approximate surface area is 64.4 Å². The first-order chi connectivity index (χ1) is 3.81. The molecular formula is C5H10Cl2O2. The second-order valence-electron chi connectivity index (χ2n) is 2.58. The lowest BCUT2D eigenvalue weighted by molar-refractivity contribution is 0.0310. The van der Waals surface area contributed by atoms with E-state index in [0.717, 1.165) is 0 Å². The lowest BCUT2D eigenvalue weighted by Crippen LogP contribution is -2.37. The van der Waals surface area contributed by atoms with Crippen LogP contribution in [-0.4, -0.2) is 21.3 Å². The van der Waals surface area contributed by atoms with Crippen LogP contribution in [0.3, 0.4) is 0 Å². The highest BCUT2D eigenvalue weighted by Crippen LogP contribution is 2.37. The van der Waals surface area contributed by atoms with Crippen LogP contribution in [-0.2, 0) is 0 Å². The third kappa shape index (κ3) is 2.30. The van der Waals surface area contributed by atoms with Crippen molar-refractivity contribution in [3.63, 3.8) is 0 Å². The predicted octanol–water partition coefficient (Wildman–Crippen LogP) is 1.13. The Morgan fingerprint density at radius 2 is 1.67 bits per heavy atom. The van der Waals surface area contributed by atoms with Gasteiger partial charge in [-0.2, -0.15) is 0 Å². The highest BCUT2D eigenvalue weighted by molar-refractivity contribution is 6.47. The molecule has 56 valence electrons. The summed E-state index contributed by atoms with van der Waals surface area (Å²) in [4.78, 5) is 0. The molecule has 0 atom stereocenters. The van der Waals surface area contributed by atoms with Crippen molar-refractivity contribution < 1.29 is 10.2 Å². The van der Waals surface area contributed by atoms with Crippen LogP contribution < -0.4 is 0 Å². The zero-order valence-electron chi connectivity index (χ0n) is 5.36. The normalized spacial score (nSPS) is 14.0. The van der Waals surface area contributed by atoms with Gasteiger partial charge in [-0.25, -0.2) is 0 Å². The van der Waals surface area contributed by atoms with Gasteiger partial charge in [0.25, 0.3) is 0 Å². The summed E-state index contributed by atoms with van der Waals surface area (Å²) < 4.78 is -1.86. The van der Waals surface area contributed by atoms with E-state index in [0.29, 0.717) is 0 Å². The average Bonchev–Trinajstić information content (AvgIpc) is 1.64. The van der Waals surface area contributed by atoms with Crippen molar-refractivity contribution in [3.8, 4) is 0 Å². The summed E-state index contributed by atoms with van der Waals surface area (Å²) in [5, 5.41) is 17.5. The van der Waals surface area contributed by atoms with E-state index in [1.165, 1.54) is 0 Å². The number of halogens is 2. The highest BCUT2D eigenvalue weighted by Gasteiger charge is 2.39. The van der Waals surface area contributed by atoms with E-state index in [4.69, 9.17) is 33.4 Å². The Hall–Kier alpha value is 0.500. The molecule has 4 heteroatoms. The van der Waals surface area contributed by atoms with E-state index in [1.54, 1.807) is 13.8 Å². The van der Waals surface area contributed by atoms with Crippen LogP contribution in [0.5, 0.6) is 0 Å². The summed E-state index contributed by atoms with van der Waals surface area (Å²) in [6.07, 6.45) is 0. The van der Waals surface area contributed by atoms with Gasteiger partial charge in [0, 0.05) is 5.41 Å². The molecule has 9 heavy (non-hydrogen) atoms. The molecule has 2 nitrogen and oxygen atoms in total. The van der Waals surface area contributed by atoms with Gasteiger partial charge in [0.2, 0.25) is 4.52 Å². The van der Waals surface area contributed by atoms with Crippen molar-refractivity contribution in [2.75, 3.05) is 6.61 Å². The Bertz CT molecular complexity index is 95.6. The topological polar surface area (TPSA) is 40.5 Å². The molecular weight excluding hydrogens is 163 g/mol. The van der Waals surface area contributed by atoms with Crippen LogP contribution in [0.25, 0.3) is 0 Å². The lowest BCUT2D eigenvalue weighted by Gasteiger charge is -2.30. The molecule has 0 amide bonds. The molecule has 0 spiro atoms. The van der Waals surface area contributed by atoms with Gasteiger partial charge >= 0.3 is 0 Å². The zero-order chi connectivity index (χ0) is 7.71. The maximum absolute atomic E-state index is 8.92. The van der Waals surface area contributed by atoms with Crippen LogP contribution in [0, 0.1) is 5.41 Å². The fraction of sp³-hybridized carbons (Fsp3) is 1.00. The lowest BCUT2D eigenvalue weighted by atomic mass is 9.96. The first kappa shape index (κ1) is 9.50. The van der Waals surface area contributed by atoms with Gasteiger partial charge < -0.3 is 10.2 Å². The molecule has 0 radical (unpaired) electrons. The van der Waals surface area contributed by atoms with Crippen LogP contribution in [0.4, 0.5) is 0 Å². The van der Waals surface area contributed by atoms with E-state index >= 15 is 0 Å². The third-order valence-corrected chi connectivity index (χ3v) is 2.23. The van der Waals surface area contributed by atoms with Crippen molar-refractivity contribution in [1.82, 2.24) is 0 Å². The summed E-state index contributed by atoms with van der Waals surface area (Å²) in [5.74, 6) is 0. The molecule has 0 aliphatic rings. The molecule has 0 aromatic rings. The third-order valence-electron chi connectivity index (χ3n) is 1.21. The summed E-state index contributed by atoms with van der Waals surface area (Å²) >= 11 is 10.6. The van der Waals surface area contributed by atoms with Gasteiger partial charge in [0.05, 0.1) is 6.61 Å². The molecule has 2 N–H and O–H groups in total. The fourth-order valence-electron chi connectivity index (χ4n) is 0.0951. The second kappa shape index (κ2) is 2.62. The number of hydrogen-bond donors (Lipinski definition) is 2. The number of alkyl halides is 2. The van der Waals surface area contributed by atoms with Gasteiger partial charge in [-0.3, -0.25) is 0 Å². The largest absolute Gasteiger partial charge is 0.396 e. The summed E-state index contributed by atoms with van der Waals surface area (Å²) in [6, 6.07) is 0. The minimum absolute atomic E-state index is 0.253. The molecule has 0 fully saturated rings. The van der Waals surface area contributed by atoms with E-state index in [1.807, 2.05) is 0 Å². The second-order valence-corrected chi connectivity index (χ2v) is 3.87.